The molecule has 0 radical (unpaired) electrons. The van der Waals surface area contributed by atoms with E-state index in [1.165, 1.54) is 6.07 Å². The Morgan fingerprint density at radius 2 is 2.02 bits per heavy atom. The minimum Gasteiger partial charge on any atom is -0.458 e. The van der Waals surface area contributed by atoms with Gasteiger partial charge >= 0.3 is 5.97 Å². The number of fused-ring (bicyclic) bond motifs is 5. The number of aryl methyl sites for hydroxylation is 1. The number of amides is 1. The number of rotatable bonds is 4. The SMILES string of the molecule is CC[C@@]1(O)C(=O)OCc2c1cc1n(c2=O)Cc2c-1nc1cc(F)c(Cl)c3c1c2C(NC(=O)C[C@H](C)C(C)(C)C)CC3. The first kappa shape index (κ1) is 27.8. The molecule has 10 heteroatoms. The van der Waals surface area contributed by atoms with Gasteiger partial charge in [-0.1, -0.05) is 46.2 Å². The van der Waals surface area contributed by atoms with Crippen molar-refractivity contribution in [2.75, 3.05) is 0 Å². The molecule has 8 nitrogen and oxygen atoms in total. The Morgan fingerprint density at radius 3 is 2.71 bits per heavy atom. The number of esters is 1. The molecule has 216 valence electrons. The standard InChI is InChI=1S/C31H33ClFN3O5/c1-6-31(40)18-10-22-27-16(12-36(22)28(38)17(18)13-41-29(31)39)25-20(34-23(37)9-14(2)30(3,4)5)8-7-15-24(25)21(35-27)11-19(33)26(15)32/h10-11,14,20,40H,6-9,12-13H2,1-5H3,(H,34,37)/t14-,20?,31-/m0/s1. The van der Waals surface area contributed by atoms with Gasteiger partial charge in [0.2, 0.25) is 5.91 Å². The molecule has 0 saturated carbocycles. The molecule has 0 spiro atoms. The molecule has 1 amide bonds. The lowest BCUT2D eigenvalue weighted by atomic mass is 9.79. The number of ether oxygens (including phenoxy) is 1. The van der Waals surface area contributed by atoms with E-state index in [0.717, 1.165) is 11.1 Å². The van der Waals surface area contributed by atoms with Gasteiger partial charge in [0.25, 0.3) is 5.56 Å². The zero-order chi connectivity index (χ0) is 29.6. The first-order valence-corrected chi connectivity index (χ1v) is 14.4. The van der Waals surface area contributed by atoms with Gasteiger partial charge in [0.15, 0.2) is 5.60 Å². The normalized spacial score (nSPS) is 21.7. The highest BCUT2D eigenvalue weighted by atomic mass is 35.5. The van der Waals surface area contributed by atoms with Gasteiger partial charge in [0, 0.05) is 29.0 Å². The Balaban J connectivity index is 1.54. The van der Waals surface area contributed by atoms with Gasteiger partial charge in [0.05, 0.1) is 40.1 Å². The number of nitrogens with one attached hydrogen (secondary N) is 1. The lowest BCUT2D eigenvalue weighted by Crippen LogP contribution is -2.44. The smallest absolute Gasteiger partial charge is 0.343 e. The number of pyridine rings is 2. The second-order valence-corrected chi connectivity index (χ2v) is 13.0. The zero-order valence-electron chi connectivity index (χ0n) is 23.8. The number of carbonyl (C=O) groups is 2. The van der Waals surface area contributed by atoms with Crippen LogP contribution < -0.4 is 10.9 Å². The highest BCUT2D eigenvalue weighted by Gasteiger charge is 2.46. The summed E-state index contributed by atoms with van der Waals surface area (Å²) in [7, 11) is 0. The largest absolute Gasteiger partial charge is 0.458 e. The van der Waals surface area contributed by atoms with E-state index in [2.05, 4.69) is 33.0 Å². The van der Waals surface area contributed by atoms with E-state index in [1.807, 2.05) is 0 Å². The van der Waals surface area contributed by atoms with Crippen LogP contribution in [0.5, 0.6) is 0 Å². The van der Waals surface area contributed by atoms with Gasteiger partial charge in [-0.3, -0.25) is 9.59 Å². The lowest BCUT2D eigenvalue weighted by Gasteiger charge is -2.31. The van der Waals surface area contributed by atoms with Gasteiger partial charge in [-0.25, -0.2) is 14.2 Å². The van der Waals surface area contributed by atoms with Crippen LogP contribution in [-0.4, -0.2) is 26.5 Å². The van der Waals surface area contributed by atoms with Crippen LogP contribution in [0.1, 0.15) is 87.7 Å². The maximum absolute atomic E-state index is 15.0. The molecule has 3 aromatic rings. The number of halogens is 2. The second kappa shape index (κ2) is 9.36. The van der Waals surface area contributed by atoms with Crippen molar-refractivity contribution in [1.82, 2.24) is 14.9 Å². The van der Waals surface area contributed by atoms with E-state index in [9.17, 15) is 23.9 Å². The summed E-state index contributed by atoms with van der Waals surface area (Å²) in [6.45, 7) is 9.94. The second-order valence-electron chi connectivity index (χ2n) is 12.6. The first-order chi connectivity index (χ1) is 19.3. The quantitative estimate of drug-likeness (QED) is 0.326. The minimum absolute atomic E-state index is 0.0269. The maximum Gasteiger partial charge on any atom is 0.343 e. The van der Waals surface area contributed by atoms with Crippen LogP contribution in [-0.2, 0) is 39.5 Å². The average Bonchev–Trinajstić information content (AvgIpc) is 3.28. The van der Waals surface area contributed by atoms with Crippen LogP contribution in [0.4, 0.5) is 4.39 Å². The molecular weight excluding hydrogens is 549 g/mol. The Labute approximate surface area is 241 Å². The number of aliphatic hydroxyl groups is 1. The lowest BCUT2D eigenvalue weighted by molar-refractivity contribution is -0.172. The highest BCUT2D eigenvalue weighted by Crippen LogP contribution is 2.47. The average molecular weight is 582 g/mol. The van der Waals surface area contributed by atoms with Crippen molar-refractivity contribution >= 4 is 34.4 Å². The molecule has 1 unspecified atom stereocenters. The molecule has 0 saturated heterocycles. The van der Waals surface area contributed by atoms with Crippen LogP contribution >= 0.6 is 11.6 Å². The summed E-state index contributed by atoms with van der Waals surface area (Å²) in [4.78, 5) is 44.3. The predicted octanol–water partition coefficient (Wildman–Crippen LogP) is 5.05. The Kier molecular flexibility index (Phi) is 6.36. The van der Waals surface area contributed by atoms with Crippen LogP contribution in [0, 0.1) is 17.2 Å². The third-order valence-corrected chi connectivity index (χ3v) is 9.76. The molecule has 6 rings (SSSR count). The third kappa shape index (κ3) is 4.11. The molecule has 1 aromatic carbocycles. The molecule has 4 heterocycles. The minimum atomic E-state index is -1.96. The van der Waals surface area contributed by atoms with Gasteiger partial charge in [0.1, 0.15) is 12.4 Å². The number of hydrogen-bond acceptors (Lipinski definition) is 6. The number of carbonyl (C=O) groups excluding carboxylic acids is 2. The fourth-order valence-corrected chi connectivity index (χ4v) is 6.58. The summed E-state index contributed by atoms with van der Waals surface area (Å²) in [6.07, 6.45) is 1.35. The van der Waals surface area contributed by atoms with Gasteiger partial charge in [-0.05, 0) is 47.8 Å². The highest BCUT2D eigenvalue weighted by molar-refractivity contribution is 6.32. The van der Waals surface area contributed by atoms with Crippen LogP contribution in [0.15, 0.2) is 16.9 Å². The van der Waals surface area contributed by atoms with E-state index in [4.69, 9.17) is 21.3 Å². The molecule has 41 heavy (non-hydrogen) atoms. The summed E-state index contributed by atoms with van der Waals surface area (Å²) in [6, 6.07) is 2.53. The predicted molar refractivity (Wildman–Crippen MR) is 152 cm³/mol. The summed E-state index contributed by atoms with van der Waals surface area (Å²) in [5.74, 6) is -1.33. The van der Waals surface area contributed by atoms with Crippen molar-refractivity contribution in [3.63, 3.8) is 0 Å². The van der Waals surface area contributed by atoms with Crippen molar-refractivity contribution in [3.05, 3.63) is 61.1 Å². The zero-order valence-corrected chi connectivity index (χ0v) is 24.5. The van der Waals surface area contributed by atoms with Gasteiger partial charge in [-0.2, -0.15) is 0 Å². The summed E-state index contributed by atoms with van der Waals surface area (Å²) >= 11 is 6.44. The van der Waals surface area contributed by atoms with E-state index >= 15 is 0 Å². The van der Waals surface area contributed by atoms with Gasteiger partial charge in [-0.15, -0.1) is 0 Å². The maximum atomic E-state index is 15.0. The molecule has 3 atom stereocenters. The van der Waals surface area contributed by atoms with E-state index in [0.29, 0.717) is 47.1 Å². The van der Waals surface area contributed by atoms with Crippen molar-refractivity contribution in [2.24, 2.45) is 11.3 Å². The number of benzene rings is 1. The van der Waals surface area contributed by atoms with Crippen LogP contribution in [0.3, 0.4) is 0 Å². The van der Waals surface area contributed by atoms with Crippen LogP contribution in [0.2, 0.25) is 5.02 Å². The Bertz CT molecular complexity index is 1730. The molecule has 2 N–H and O–H groups in total. The molecule has 2 aromatic heterocycles. The van der Waals surface area contributed by atoms with Crippen molar-refractivity contribution in [3.8, 4) is 11.4 Å². The topological polar surface area (TPSA) is 111 Å². The van der Waals surface area contributed by atoms with Gasteiger partial charge < -0.3 is 19.7 Å². The van der Waals surface area contributed by atoms with Crippen molar-refractivity contribution in [2.45, 2.75) is 85.1 Å². The van der Waals surface area contributed by atoms with E-state index in [-0.39, 0.29) is 64.6 Å². The molecular formula is C31H33ClFN3O5. The summed E-state index contributed by atoms with van der Waals surface area (Å²) in [5, 5.41) is 15.2. The number of aromatic nitrogens is 2. The molecule has 3 aliphatic rings. The fourth-order valence-electron chi connectivity index (χ4n) is 6.34. The Hall–Kier alpha value is -3.30. The van der Waals surface area contributed by atoms with Crippen molar-refractivity contribution in [1.29, 1.82) is 0 Å². The number of nitrogens with zero attached hydrogens (tertiary/aromatic N) is 2. The Morgan fingerprint density at radius 1 is 1.29 bits per heavy atom. The monoisotopic (exact) mass is 581 g/mol. The van der Waals surface area contributed by atoms with Crippen molar-refractivity contribution < 1.29 is 23.8 Å². The molecule has 2 aliphatic heterocycles. The molecule has 0 fully saturated rings. The fraction of sp³-hybridized carbons (Fsp3) is 0.484. The third-order valence-electron chi connectivity index (χ3n) is 9.35. The molecule has 1 aliphatic carbocycles. The van der Waals surface area contributed by atoms with E-state index < -0.39 is 17.4 Å². The number of cyclic esters (lactones) is 1. The number of hydrogen-bond donors (Lipinski definition) is 2. The van der Waals surface area contributed by atoms with Crippen LogP contribution in [0.25, 0.3) is 22.3 Å². The van der Waals surface area contributed by atoms with E-state index in [1.54, 1.807) is 17.6 Å². The molecule has 0 bridgehead atoms. The first-order valence-electron chi connectivity index (χ1n) is 14.1. The summed E-state index contributed by atoms with van der Waals surface area (Å²) < 4.78 is 21.7. The summed E-state index contributed by atoms with van der Waals surface area (Å²) in [5.41, 5.74) is 1.48.